The molecule has 2 aromatic heterocycles. The van der Waals surface area contributed by atoms with E-state index in [9.17, 15) is 0 Å². The minimum atomic E-state index is 0.142. The maximum absolute atomic E-state index is 9.04. The Morgan fingerprint density at radius 3 is 2.61 bits per heavy atom. The Morgan fingerprint density at radius 1 is 1.06 bits per heavy atom. The van der Waals surface area contributed by atoms with Crippen LogP contribution in [0.15, 0.2) is 36.8 Å². The molecular formula is C25H28N6O2. The molecule has 0 radical (unpaired) electrons. The van der Waals surface area contributed by atoms with Gasteiger partial charge in [0.15, 0.2) is 0 Å². The number of hydrogen-bond donors (Lipinski definition) is 1. The molecule has 0 bridgehead atoms. The highest BCUT2D eigenvalue weighted by Crippen LogP contribution is 2.33. The molecule has 3 heterocycles. The van der Waals surface area contributed by atoms with Crippen molar-refractivity contribution in [3.8, 4) is 11.8 Å². The summed E-state index contributed by atoms with van der Waals surface area (Å²) in [6.45, 7) is 5.19. The molecule has 5 rings (SSSR count). The monoisotopic (exact) mass is 444 g/mol. The third-order valence-corrected chi connectivity index (χ3v) is 6.42. The zero-order valence-corrected chi connectivity index (χ0v) is 18.8. The number of morpholine rings is 1. The number of fused-ring (bicyclic) bond motifs is 1. The summed E-state index contributed by atoms with van der Waals surface area (Å²) >= 11 is 0. The Hall–Kier alpha value is -3.44. The molecule has 1 N–H and O–H groups in total. The maximum Gasteiger partial charge on any atom is 0.149 e. The van der Waals surface area contributed by atoms with Crippen molar-refractivity contribution in [3.63, 3.8) is 0 Å². The highest BCUT2D eigenvalue weighted by Gasteiger charge is 2.24. The Kier molecular flexibility index (Phi) is 6.22. The fraction of sp³-hybridized carbons (Fsp3) is 0.440. The van der Waals surface area contributed by atoms with E-state index < -0.39 is 0 Å². The largest absolute Gasteiger partial charge is 0.488 e. The van der Waals surface area contributed by atoms with E-state index in [1.54, 1.807) is 18.6 Å². The van der Waals surface area contributed by atoms with Crippen molar-refractivity contribution in [2.45, 2.75) is 44.8 Å². The zero-order valence-electron chi connectivity index (χ0n) is 18.8. The van der Waals surface area contributed by atoms with Gasteiger partial charge in [-0.25, -0.2) is 9.97 Å². The van der Waals surface area contributed by atoms with Gasteiger partial charge in [-0.05, 0) is 50.3 Å². The molecular weight excluding hydrogens is 416 g/mol. The number of nitriles is 1. The van der Waals surface area contributed by atoms with Crippen molar-refractivity contribution in [2.24, 2.45) is 0 Å². The summed E-state index contributed by atoms with van der Waals surface area (Å²) in [4.78, 5) is 15.8. The third kappa shape index (κ3) is 4.83. The van der Waals surface area contributed by atoms with E-state index in [0.717, 1.165) is 85.8 Å². The number of nitrogens with one attached hydrogen (secondary N) is 1. The van der Waals surface area contributed by atoms with Crippen LogP contribution >= 0.6 is 0 Å². The van der Waals surface area contributed by atoms with Gasteiger partial charge in [-0.3, -0.25) is 4.98 Å². The van der Waals surface area contributed by atoms with Crippen LogP contribution in [-0.2, 0) is 4.74 Å². The first-order valence-electron chi connectivity index (χ1n) is 11.6. The summed E-state index contributed by atoms with van der Waals surface area (Å²) in [6.07, 6.45) is 9.12. The standard InChI is InChI=1S/C25H28N6O2/c1-17-12-18(15-26)16-29-25(17)30-19-2-4-21(5-3-19)33-23-14-20(31-8-10-32-11-9-31)13-22-24(23)28-7-6-27-22/h6-7,12-14,16,19,21H,2-5,8-11H2,1H3,(H,29,30). The molecule has 1 aliphatic heterocycles. The Bertz CT molecular complexity index is 1160. The summed E-state index contributed by atoms with van der Waals surface area (Å²) in [7, 11) is 0. The number of aryl methyl sites for hydroxylation is 1. The summed E-state index contributed by atoms with van der Waals surface area (Å²) < 4.78 is 12.0. The van der Waals surface area contributed by atoms with E-state index in [1.165, 1.54) is 0 Å². The lowest BCUT2D eigenvalue weighted by atomic mass is 9.92. The van der Waals surface area contributed by atoms with Crippen molar-refractivity contribution in [1.82, 2.24) is 15.0 Å². The predicted octanol–water partition coefficient (Wildman–Crippen LogP) is 3.84. The molecule has 0 spiro atoms. The van der Waals surface area contributed by atoms with Gasteiger partial charge in [-0.15, -0.1) is 0 Å². The first kappa shape index (κ1) is 21.4. The molecule has 2 aliphatic rings. The Morgan fingerprint density at radius 2 is 1.85 bits per heavy atom. The number of rotatable bonds is 5. The van der Waals surface area contributed by atoms with Crippen LogP contribution in [0.3, 0.4) is 0 Å². The number of nitrogens with zero attached hydrogens (tertiary/aromatic N) is 5. The molecule has 1 aliphatic carbocycles. The van der Waals surface area contributed by atoms with Crippen LogP contribution in [0, 0.1) is 18.3 Å². The molecule has 3 aromatic rings. The van der Waals surface area contributed by atoms with Crippen molar-refractivity contribution < 1.29 is 9.47 Å². The minimum absolute atomic E-state index is 0.142. The molecule has 33 heavy (non-hydrogen) atoms. The molecule has 8 heteroatoms. The van der Waals surface area contributed by atoms with Crippen molar-refractivity contribution >= 4 is 22.5 Å². The SMILES string of the molecule is Cc1cc(C#N)cnc1NC1CCC(Oc2cc(N3CCOCC3)cc3nccnc23)CC1. The van der Waals surface area contributed by atoms with Gasteiger partial charge in [-0.1, -0.05) is 0 Å². The summed E-state index contributed by atoms with van der Waals surface area (Å²) in [5.41, 5.74) is 4.36. The quantitative estimate of drug-likeness (QED) is 0.634. The number of benzene rings is 1. The van der Waals surface area contributed by atoms with Gasteiger partial charge in [0, 0.05) is 49.5 Å². The number of pyridine rings is 1. The van der Waals surface area contributed by atoms with Crippen LogP contribution in [0.5, 0.6) is 5.75 Å². The summed E-state index contributed by atoms with van der Waals surface area (Å²) in [5.74, 6) is 1.67. The maximum atomic E-state index is 9.04. The highest BCUT2D eigenvalue weighted by atomic mass is 16.5. The molecule has 0 atom stereocenters. The van der Waals surface area contributed by atoms with Gasteiger partial charge in [0.25, 0.3) is 0 Å². The van der Waals surface area contributed by atoms with E-state index in [2.05, 4.69) is 43.4 Å². The van der Waals surface area contributed by atoms with Crippen molar-refractivity contribution in [1.29, 1.82) is 5.26 Å². The van der Waals surface area contributed by atoms with E-state index in [-0.39, 0.29) is 6.10 Å². The number of anilines is 2. The number of ether oxygens (including phenoxy) is 2. The first-order valence-corrected chi connectivity index (χ1v) is 11.6. The molecule has 2 fully saturated rings. The first-order chi connectivity index (χ1) is 16.2. The summed E-state index contributed by atoms with van der Waals surface area (Å²) in [6, 6.07) is 8.56. The minimum Gasteiger partial charge on any atom is -0.488 e. The van der Waals surface area contributed by atoms with Crippen LogP contribution in [0.25, 0.3) is 11.0 Å². The van der Waals surface area contributed by atoms with Crippen molar-refractivity contribution in [3.05, 3.63) is 47.9 Å². The van der Waals surface area contributed by atoms with Gasteiger partial charge < -0.3 is 19.7 Å². The predicted molar refractivity (Wildman–Crippen MR) is 127 cm³/mol. The van der Waals surface area contributed by atoms with Gasteiger partial charge in [-0.2, -0.15) is 5.26 Å². The second kappa shape index (κ2) is 9.59. The van der Waals surface area contributed by atoms with Gasteiger partial charge in [0.2, 0.25) is 0 Å². The molecule has 1 saturated carbocycles. The fourth-order valence-electron chi connectivity index (χ4n) is 4.61. The lowest BCUT2D eigenvalue weighted by Crippen LogP contribution is -2.36. The zero-order chi connectivity index (χ0) is 22.6. The lowest BCUT2D eigenvalue weighted by molar-refractivity contribution is 0.122. The molecule has 1 aromatic carbocycles. The lowest BCUT2D eigenvalue weighted by Gasteiger charge is -2.31. The van der Waals surface area contributed by atoms with E-state index in [4.69, 9.17) is 14.7 Å². The van der Waals surface area contributed by atoms with Crippen LogP contribution in [0.4, 0.5) is 11.5 Å². The second-order valence-electron chi connectivity index (χ2n) is 8.70. The van der Waals surface area contributed by atoms with Crippen LogP contribution in [0.1, 0.15) is 36.8 Å². The van der Waals surface area contributed by atoms with E-state index in [1.807, 2.05) is 13.0 Å². The molecule has 0 unspecified atom stereocenters. The highest BCUT2D eigenvalue weighted by molar-refractivity contribution is 5.85. The summed E-state index contributed by atoms with van der Waals surface area (Å²) in [5, 5.41) is 12.6. The van der Waals surface area contributed by atoms with Gasteiger partial charge >= 0.3 is 0 Å². The van der Waals surface area contributed by atoms with Crippen LogP contribution < -0.4 is 15.0 Å². The average Bonchev–Trinajstić information content (AvgIpc) is 2.87. The van der Waals surface area contributed by atoms with E-state index >= 15 is 0 Å². The molecule has 170 valence electrons. The smallest absolute Gasteiger partial charge is 0.149 e. The van der Waals surface area contributed by atoms with Crippen LogP contribution in [0.2, 0.25) is 0 Å². The van der Waals surface area contributed by atoms with Gasteiger partial charge in [0.05, 0.1) is 30.4 Å². The number of aromatic nitrogens is 3. The average molecular weight is 445 g/mol. The molecule has 0 amide bonds. The third-order valence-electron chi connectivity index (χ3n) is 6.42. The second-order valence-corrected chi connectivity index (χ2v) is 8.70. The topological polar surface area (TPSA) is 96.2 Å². The fourth-order valence-corrected chi connectivity index (χ4v) is 4.61. The van der Waals surface area contributed by atoms with Gasteiger partial charge in [0.1, 0.15) is 23.2 Å². The molecule has 1 saturated heterocycles. The Labute approximate surface area is 193 Å². The molecule has 8 nitrogen and oxygen atoms in total. The normalized spacial score (nSPS) is 20.9. The van der Waals surface area contributed by atoms with E-state index in [0.29, 0.717) is 11.6 Å². The Balaban J connectivity index is 1.26. The van der Waals surface area contributed by atoms with Crippen LogP contribution in [-0.4, -0.2) is 53.4 Å². The number of hydrogen-bond acceptors (Lipinski definition) is 8. The van der Waals surface area contributed by atoms with Crippen molar-refractivity contribution in [2.75, 3.05) is 36.5 Å².